The Kier molecular flexibility index (Phi) is 4.21. The summed E-state index contributed by atoms with van der Waals surface area (Å²) in [5, 5.41) is 3.18. The van der Waals surface area contributed by atoms with E-state index in [2.05, 4.69) is 43.4 Å². The third-order valence-corrected chi connectivity index (χ3v) is 3.26. The first-order valence-corrected chi connectivity index (χ1v) is 6.61. The van der Waals surface area contributed by atoms with Gasteiger partial charge in [0.05, 0.1) is 6.04 Å². The van der Waals surface area contributed by atoms with Crippen molar-refractivity contribution in [3.8, 4) is 11.3 Å². The summed E-state index contributed by atoms with van der Waals surface area (Å²) >= 11 is 0. The highest BCUT2D eigenvalue weighted by Crippen LogP contribution is 2.25. The summed E-state index contributed by atoms with van der Waals surface area (Å²) in [6.07, 6.45) is 2.32. The second-order valence-electron chi connectivity index (χ2n) is 4.66. The van der Waals surface area contributed by atoms with Gasteiger partial charge in [-0.3, -0.25) is 0 Å². The molecular formula is C16H21NO. The molecule has 0 aliphatic carbocycles. The lowest BCUT2D eigenvalue weighted by atomic mass is 10.1. The SMILES string of the molecule is CCCc1ccc(-c2ccc(C(C)NC)o2)cc1. The molecule has 1 N–H and O–H groups in total. The second-order valence-corrected chi connectivity index (χ2v) is 4.66. The third-order valence-electron chi connectivity index (χ3n) is 3.26. The molecule has 0 aliphatic rings. The summed E-state index contributed by atoms with van der Waals surface area (Å²) in [6.45, 7) is 4.29. The topological polar surface area (TPSA) is 25.2 Å². The fourth-order valence-electron chi connectivity index (χ4n) is 2.01. The first kappa shape index (κ1) is 12.9. The molecule has 18 heavy (non-hydrogen) atoms. The van der Waals surface area contributed by atoms with Crippen molar-refractivity contribution in [1.82, 2.24) is 5.32 Å². The monoisotopic (exact) mass is 243 g/mol. The molecule has 1 aromatic heterocycles. The molecule has 0 amide bonds. The molecule has 1 atom stereocenters. The maximum absolute atomic E-state index is 5.86. The smallest absolute Gasteiger partial charge is 0.134 e. The lowest BCUT2D eigenvalue weighted by Gasteiger charge is -2.06. The molecule has 0 aliphatic heterocycles. The summed E-state index contributed by atoms with van der Waals surface area (Å²) in [6, 6.07) is 13.0. The zero-order valence-electron chi connectivity index (χ0n) is 11.4. The molecule has 0 saturated heterocycles. The Bertz CT molecular complexity index is 484. The van der Waals surface area contributed by atoms with Gasteiger partial charge in [0.1, 0.15) is 11.5 Å². The molecule has 0 radical (unpaired) electrons. The van der Waals surface area contributed by atoms with E-state index in [1.54, 1.807) is 0 Å². The van der Waals surface area contributed by atoms with Gasteiger partial charge in [0.2, 0.25) is 0 Å². The lowest BCUT2D eigenvalue weighted by molar-refractivity contribution is 0.458. The normalized spacial score (nSPS) is 12.6. The van der Waals surface area contributed by atoms with E-state index in [-0.39, 0.29) is 6.04 Å². The van der Waals surface area contributed by atoms with Gasteiger partial charge < -0.3 is 9.73 Å². The van der Waals surface area contributed by atoms with Gasteiger partial charge in [-0.2, -0.15) is 0 Å². The van der Waals surface area contributed by atoms with Crippen LogP contribution in [-0.2, 0) is 6.42 Å². The standard InChI is InChI=1S/C16H21NO/c1-4-5-13-6-8-14(9-7-13)16-11-10-15(18-16)12(2)17-3/h6-12,17H,4-5H2,1-3H3. The van der Waals surface area contributed by atoms with Gasteiger partial charge in [-0.25, -0.2) is 0 Å². The highest BCUT2D eigenvalue weighted by molar-refractivity contribution is 5.58. The molecular weight excluding hydrogens is 222 g/mol. The first-order chi connectivity index (χ1) is 8.74. The maximum Gasteiger partial charge on any atom is 0.134 e. The summed E-state index contributed by atoms with van der Waals surface area (Å²) in [7, 11) is 1.94. The fourth-order valence-corrected chi connectivity index (χ4v) is 2.01. The van der Waals surface area contributed by atoms with Crippen LogP contribution in [0.3, 0.4) is 0 Å². The highest BCUT2D eigenvalue weighted by atomic mass is 16.3. The van der Waals surface area contributed by atoms with Crippen LogP contribution in [0.5, 0.6) is 0 Å². The Morgan fingerprint density at radius 1 is 1.11 bits per heavy atom. The van der Waals surface area contributed by atoms with Crippen LogP contribution in [0, 0.1) is 0 Å². The summed E-state index contributed by atoms with van der Waals surface area (Å²) in [5.41, 5.74) is 2.53. The van der Waals surface area contributed by atoms with Crippen molar-refractivity contribution in [3.05, 3.63) is 47.7 Å². The van der Waals surface area contributed by atoms with Gasteiger partial charge in [-0.1, -0.05) is 37.6 Å². The van der Waals surface area contributed by atoms with Gasteiger partial charge in [0.25, 0.3) is 0 Å². The van der Waals surface area contributed by atoms with Crippen LogP contribution < -0.4 is 5.32 Å². The van der Waals surface area contributed by atoms with E-state index in [1.165, 1.54) is 12.0 Å². The van der Waals surface area contributed by atoms with Crippen molar-refractivity contribution < 1.29 is 4.42 Å². The molecule has 2 aromatic rings. The molecule has 2 nitrogen and oxygen atoms in total. The van der Waals surface area contributed by atoms with Gasteiger partial charge >= 0.3 is 0 Å². The second kappa shape index (κ2) is 5.87. The van der Waals surface area contributed by atoms with E-state index in [0.29, 0.717) is 0 Å². The number of nitrogens with one attached hydrogen (secondary N) is 1. The number of hydrogen-bond acceptors (Lipinski definition) is 2. The van der Waals surface area contributed by atoms with Gasteiger partial charge in [0.15, 0.2) is 0 Å². The van der Waals surface area contributed by atoms with Crippen molar-refractivity contribution >= 4 is 0 Å². The van der Waals surface area contributed by atoms with E-state index in [9.17, 15) is 0 Å². The van der Waals surface area contributed by atoms with Crippen LogP contribution >= 0.6 is 0 Å². The van der Waals surface area contributed by atoms with Crippen LogP contribution in [0.25, 0.3) is 11.3 Å². The number of rotatable bonds is 5. The fraction of sp³-hybridized carbons (Fsp3) is 0.375. The zero-order valence-corrected chi connectivity index (χ0v) is 11.4. The van der Waals surface area contributed by atoms with Crippen molar-refractivity contribution in [2.75, 3.05) is 7.05 Å². The predicted octanol–water partition coefficient (Wildman–Crippen LogP) is 4.18. The average Bonchev–Trinajstić information content (AvgIpc) is 2.89. The molecule has 0 saturated carbocycles. The van der Waals surface area contributed by atoms with Crippen molar-refractivity contribution in [2.24, 2.45) is 0 Å². The lowest BCUT2D eigenvalue weighted by Crippen LogP contribution is -2.10. The summed E-state index contributed by atoms with van der Waals surface area (Å²) in [5.74, 6) is 1.92. The molecule has 96 valence electrons. The molecule has 2 heteroatoms. The summed E-state index contributed by atoms with van der Waals surface area (Å²) in [4.78, 5) is 0. The van der Waals surface area contributed by atoms with E-state index < -0.39 is 0 Å². The molecule has 1 unspecified atom stereocenters. The summed E-state index contributed by atoms with van der Waals surface area (Å²) < 4.78 is 5.86. The minimum atomic E-state index is 0.248. The molecule has 1 heterocycles. The van der Waals surface area contributed by atoms with E-state index in [0.717, 1.165) is 23.5 Å². The van der Waals surface area contributed by atoms with Crippen LogP contribution in [-0.4, -0.2) is 7.05 Å². The average molecular weight is 243 g/mol. The maximum atomic E-state index is 5.86. The van der Waals surface area contributed by atoms with Crippen LogP contribution in [0.15, 0.2) is 40.8 Å². The minimum Gasteiger partial charge on any atom is -0.459 e. The number of benzene rings is 1. The van der Waals surface area contributed by atoms with Gasteiger partial charge in [-0.15, -0.1) is 0 Å². The van der Waals surface area contributed by atoms with Crippen molar-refractivity contribution in [1.29, 1.82) is 0 Å². The van der Waals surface area contributed by atoms with Gasteiger partial charge in [0, 0.05) is 5.56 Å². The number of hydrogen-bond donors (Lipinski definition) is 1. The van der Waals surface area contributed by atoms with E-state index in [1.807, 2.05) is 19.2 Å². The van der Waals surface area contributed by atoms with E-state index in [4.69, 9.17) is 4.42 Å². The van der Waals surface area contributed by atoms with E-state index >= 15 is 0 Å². The van der Waals surface area contributed by atoms with Crippen LogP contribution in [0.2, 0.25) is 0 Å². The minimum absolute atomic E-state index is 0.248. The number of aryl methyl sites for hydroxylation is 1. The Morgan fingerprint density at radius 3 is 2.44 bits per heavy atom. The third kappa shape index (κ3) is 2.82. The molecule has 0 bridgehead atoms. The highest BCUT2D eigenvalue weighted by Gasteiger charge is 2.09. The Balaban J connectivity index is 2.18. The van der Waals surface area contributed by atoms with Crippen LogP contribution in [0.1, 0.15) is 37.6 Å². The Labute approximate surface area is 109 Å². The molecule has 1 aromatic carbocycles. The molecule has 0 fully saturated rings. The Morgan fingerprint density at radius 2 is 1.83 bits per heavy atom. The Hall–Kier alpha value is -1.54. The predicted molar refractivity (Wildman–Crippen MR) is 75.6 cm³/mol. The van der Waals surface area contributed by atoms with Crippen molar-refractivity contribution in [3.63, 3.8) is 0 Å². The molecule has 2 rings (SSSR count). The largest absolute Gasteiger partial charge is 0.459 e. The van der Waals surface area contributed by atoms with Crippen molar-refractivity contribution in [2.45, 2.75) is 32.7 Å². The quantitative estimate of drug-likeness (QED) is 0.852. The molecule has 0 spiro atoms. The van der Waals surface area contributed by atoms with Gasteiger partial charge in [-0.05, 0) is 38.1 Å². The number of furan rings is 1. The van der Waals surface area contributed by atoms with Crippen LogP contribution in [0.4, 0.5) is 0 Å². The first-order valence-electron chi connectivity index (χ1n) is 6.61. The zero-order chi connectivity index (χ0) is 13.0.